The van der Waals surface area contributed by atoms with E-state index in [-0.39, 0.29) is 6.61 Å². The quantitative estimate of drug-likeness (QED) is 0.633. The van der Waals surface area contributed by atoms with Gasteiger partial charge >= 0.3 is 0 Å². The standard InChI is InChI=1S/C18H16N4O/c1-21-14(12-23)11-19-18(21)17-15-9-5-6-10-16(15)22(20-17)13-7-3-2-4-8-13/h2-11,23H,12H2,1H3. The molecule has 0 atom stereocenters. The van der Waals surface area contributed by atoms with Crippen LogP contribution in [0.25, 0.3) is 28.1 Å². The van der Waals surface area contributed by atoms with Crippen LogP contribution in [0.2, 0.25) is 0 Å². The molecule has 0 spiro atoms. The topological polar surface area (TPSA) is 55.9 Å². The lowest BCUT2D eigenvalue weighted by Crippen LogP contribution is -2.00. The summed E-state index contributed by atoms with van der Waals surface area (Å²) in [6.45, 7) is -0.0408. The number of fused-ring (bicyclic) bond motifs is 1. The smallest absolute Gasteiger partial charge is 0.161 e. The zero-order valence-electron chi connectivity index (χ0n) is 12.7. The van der Waals surface area contributed by atoms with Crippen molar-refractivity contribution < 1.29 is 5.11 Å². The fourth-order valence-corrected chi connectivity index (χ4v) is 2.81. The average Bonchev–Trinajstić information content (AvgIpc) is 3.16. The summed E-state index contributed by atoms with van der Waals surface area (Å²) in [5.41, 5.74) is 3.61. The number of aromatic nitrogens is 4. The Hall–Kier alpha value is -2.92. The molecule has 4 rings (SSSR count). The number of rotatable bonds is 3. The van der Waals surface area contributed by atoms with Crippen LogP contribution >= 0.6 is 0 Å². The van der Waals surface area contributed by atoms with Gasteiger partial charge in [0.1, 0.15) is 5.69 Å². The minimum absolute atomic E-state index is 0.0408. The van der Waals surface area contributed by atoms with Crippen molar-refractivity contribution in [2.75, 3.05) is 0 Å². The van der Waals surface area contributed by atoms with Crippen LogP contribution in [0.4, 0.5) is 0 Å². The van der Waals surface area contributed by atoms with Gasteiger partial charge in [0.25, 0.3) is 0 Å². The van der Waals surface area contributed by atoms with Crippen molar-refractivity contribution in [1.29, 1.82) is 0 Å². The molecule has 2 aromatic carbocycles. The van der Waals surface area contributed by atoms with E-state index in [0.29, 0.717) is 0 Å². The van der Waals surface area contributed by atoms with E-state index in [1.165, 1.54) is 0 Å². The molecule has 2 heterocycles. The SMILES string of the molecule is Cn1c(CO)cnc1-c1nn(-c2ccccc2)c2ccccc12. The zero-order valence-corrected chi connectivity index (χ0v) is 12.7. The number of hydrogen-bond acceptors (Lipinski definition) is 3. The van der Waals surface area contributed by atoms with Gasteiger partial charge in [-0.15, -0.1) is 0 Å². The van der Waals surface area contributed by atoms with Crippen molar-refractivity contribution in [2.24, 2.45) is 7.05 Å². The zero-order chi connectivity index (χ0) is 15.8. The maximum Gasteiger partial charge on any atom is 0.161 e. The summed E-state index contributed by atoms with van der Waals surface area (Å²) in [5, 5.41) is 15.2. The Morgan fingerprint density at radius 1 is 1.00 bits per heavy atom. The molecule has 114 valence electrons. The van der Waals surface area contributed by atoms with E-state index < -0.39 is 0 Å². The lowest BCUT2D eigenvalue weighted by atomic mass is 10.2. The monoisotopic (exact) mass is 304 g/mol. The van der Waals surface area contributed by atoms with Gasteiger partial charge in [-0.3, -0.25) is 0 Å². The first-order chi connectivity index (χ1) is 11.3. The molecular formula is C18H16N4O. The van der Waals surface area contributed by atoms with Crippen LogP contribution in [0.1, 0.15) is 5.69 Å². The molecule has 0 aliphatic carbocycles. The third kappa shape index (κ3) is 2.13. The van der Waals surface area contributed by atoms with Crippen molar-refractivity contribution >= 4 is 10.9 Å². The molecule has 0 saturated carbocycles. The molecule has 4 aromatic rings. The molecule has 23 heavy (non-hydrogen) atoms. The first kappa shape index (κ1) is 13.7. The predicted molar refractivity (Wildman–Crippen MR) is 89.2 cm³/mol. The largest absolute Gasteiger partial charge is 0.390 e. The summed E-state index contributed by atoms with van der Waals surface area (Å²) < 4.78 is 3.81. The molecular weight excluding hydrogens is 288 g/mol. The van der Waals surface area contributed by atoms with Gasteiger partial charge in [-0.1, -0.05) is 36.4 Å². The fraction of sp³-hybridized carbons (Fsp3) is 0.111. The van der Waals surface area contributed by atoms with Gasteiger partial charge in [-0.25, -0.2) is 9.67 Å². The Bertz CT molecular complexity index is 969. The summed E-state index contributed by atoms with van der Waals surface area (Å²) in [6, 6.07) is 18.1. The first-order valence-corrected chi connectivity index (χ1v) is 7.44. The summed E-state index contributed by atoms with van der Waals surface area (Å²) in [7, 11) is 1.89. The van der Waals surface area contributed by atoms with E-state index in [0.717, 1.165) is 33.8 Å². The molecule has 5 heteroatoms. The number of benzene rings is 2. The van der Waals surface area contributed by atoms with Crippen molar-refractivity contribution in [3.8, 4) is 17.2 Å². The van der Waals surface area contributed by atoms with Gasteiger partial charge < -0.3 is 9.67 Å². The Morgan fingerprint density at radius 2 is 1.74 bits per heavy atom. The number of aliphatic hydroxyl groups excluding tert-OH is 1. The van der Waals surface area contributed by atoms with Gasteiger partial charge in [0.2, 0.25) is 0 Å². The summed E-state index contributed by atoms with van der Waals surface area (Å²) >= 11 is 0. The third-order valence-electron chi connectivity index (χ3n) is 4.05. The highest BCUT2D eigenvalue weighted by atomic mass is 16.3. The molecule has 0 saturated heterocycles. The molecule has 2 aromatic heterocycles. The van der Waals surface area contributed by atoms with Crippen LogP contribution in [0.15, 0.2) is 60.8 Å². The molecule has 1 N–H and O–H groups in total. The highest BCUT2D eigenvalue weighted by Gasteiger charge is 2.17. The van der Waals surface area contributed by atoms with Crippen molar-refractivity contribution in [3.63, 3.8) is 0 Å². The number of imidazole rings is 1. The summed E-state index contributed by atoms with van der Waals surface area (Å²) in [6.07, 6.45) is 1.69. The van der Waals surface area contributed by atoms with Crippen LogP contribution < -0.4 is 0 Å². The second-order valence-corrected chi connectivity index (χ2v) is 5.40. The lowest BCUT2D eigenvalue weighted by molar-refractivity contribution is 0.273. The summed E-state index contributed by atoms with van der Waals surface area (Å²) in [4.78, 5) is 4.44. The number of hydrogen-bond donors (Lipinski definition) is 1. The van der Waals surface area contributed by atoms with Gasteiger partial charge in [0.15, 0.2) is 5.82 Å². The van der Waals surface area contributed by atoms with E-state index in [9.17, 15) is 5.11 Å². The van der Waals surface area contributed by atoms with Crippen molar-refractivity contribution in [3.05, 3.63) is 66.5 Å². The first-order valence-electron chi connectivity index (χ1n) is 7.44. The third-order valence-corrected chi connectivity index (χ3v) is 4.05. The molecule has 0 aliphatic rings. The Labute approximate surface area is 133 Å². The number of para-hydroxylation sites is 2. The van der Waals surface area contributed by atoms with Crippen LogP contribution in [0.5, 0.6) is 0 Å². The minimum atomic E-state index is -0.0408. The van der Waals surface area contributed by atoms with E-state index in [2.05, 4.69) is 11.1 Å². The van der Waals surface area contributed by atoms with E-state index in [4.69, 9.17) is 5.10 Å². The van der Waals surface area contributed by atoms with Gasteiger partial charge in [0, 0.05) is 12.4 Å². The fourth-order valence-electron chi connectivity index (χ4n) is 2.81. The summed E-state index contributed by atoms with van der Waals surface area (Å²) in [5.74, 6) is 0.750. The van der Waals surface area contributed by atoms with Crippen molar-refractivity contribution in [2.45, 2.75) is 6.61 Å². The highest BCUT2D eigenvalue weighted by Crippen LogP contribution is 2.29. The second-order valence-electron chi connectivity index (χ2n) is 5.40. The lowest BCUT2D eigenvalue weighted by Gasteiger charge is -2.02. The molecule has 0 bridgehead atoms. The molecule has 0 amide bonds. The maximum atomic E-state index is 9.39. The average molecular weight is 304 g/mol. The molecule has 0 fully saturated rings. The second kappa shape index (κ2) is 5.37. The van der Waals surface area contributed by atoms with Gasteiger partial charge in [0.05, 0.1) is 29.7 Å². The molecule has 0 aliphatic heterocycles. The van der Waals surface area contributed by atoms with Crippen LogP contribution in [-0.2, 0) is 13.7 Å². The highest BCUT2D eigenvalue weighted by molar-refractivity contribution is 5.92. The number of nitrogens with zero attached hydrogens (tertiary/aromatic N) is 4. The molecule has 0 radical (unpaired) electrons. The van der Waals surface area contributed by atoms with Crippen LogP contribution in [0.3, 0.4) is 0 Å². The van der Waals surface area contributed by atoms with Crippen LogP contribution in [0, 0.1) is 0 Å². The number of aliphatic hydroxyl groups is 1. The maximum absolute atomic E-state index is 9.39. The van der Waals surface area contributed by atoms with E-state index >= 15 is 0 Å². The van der Waals surface area contributed by atoms with Gasteiger partial charge in [-0.05, 0) is 18.2 Å². The molecule has 5 nitrogen and oxygen atoms in total. The Balaban J connectivity index is 2.00. The van der Waals surface area contributed by atoms with E-state index in [1.807, 2.05) is 64.8 Å². The van der Waals surface area contributed by atoms with E-state index in [1.54, 1.807) is 6.20 Å². The van der Waals surface area contributed by atoms with Gasteiger partial charge in [-0.2, -0.15) is 5.10 Å². The Kier molecular flexibility index (Phi) is 3.20. The minimum Gasteiger partial charge on any atom is -0.390 e. The normalized spacial score (nSPS) is 11.2. The Morgan fingerprint density at radius 3 is 2.48 bits per heavy atom. The molecule has 0 unspecified atom stereocenters. The van der Waals surface area contributed by atoms with Crippen molar-refractivity contribution in [1.82, 2.24) is 19.3 Å². The van der Waals surface area contributed by atoms with Crippen LogP contribution in [-0.4, -0.2) is 24.4 Å². The predicted octanol–water partition coefficient (Wildman–Crippen LogP) is 2.92.